The van der Waals surface area contributed by atoms with E-state index in [1.165, 1.54) is 6.92 Å². The maximum atomic E-state index is 14.8. The number of piperidine rings is 1. The number of methoxy groups -OCH3 is 5. The van der Waals surface area contributed by atoms with Crippen LogP contribution in [-0.2, 0) is 28.5 Å². The molecule has 7 rings (SSSR count). The zero-order valence-electron chi connectivity index (χ0n) is 27.6. The number of rotatable bonds is 10. The Kier molecular flexibility index (Phi) is 7.51. The quantitative estimate of drug-likeness (QED) is 0.307. The third-order valence-electron chi connectivity index (χ3n) is 13.5. The number of Topliss-reactive ketones (excluding diaryl/α,β-unsaturated/α-hetero) is 1. The molecule has 0 unspecified atom stereocenters. The number of carbonyl (C=O) groups excluding carboxylic acids is 2. The molecule has 1 N–H and O–H groups in total. The van der Waals surface area contributed by atoms with Crippen LogP contribution < -0.4 is 4.74 Å². The summed E-state index contributed by atoms with van der Waals surface area (Å²) in [6.07, 6.45) is 1.28. The largest absolute Gasteiger partial charge is 0.497 e. The average Bonchev–Trinajstić information content (AvgIpc) is 3.43. The van der Waals surface area contributed by atoms with Gasteiger partial charge in [-0.05, 0) is 56.0 Å². The Hall–Kier alpha value is -2.08. The second kappa shape index (κ2) is 10.7. The molecule has 0 radical (unpaired) electrons. The smallest absolute Gasteiger partial charge is 0.303 e. The topological polar surface area (TPSA) is 113 Å². The summed E-state index contributed by atoms with van der Waals surface area (Å²) in [7, 11) is 8.52. The fourth-order valence-corrected chi connectivity index (χ4v) is 12.7. The van der Waals surface area contributed by atoms with E-state index in [2.05, 4.69) is 11.8 Å². The number of aliphatic hydroxyl groups is 1. The summed E-state index contributed by atoms with van der Waals surface area (Å²) in [6, 6.07) is 7.02. The van der Waals surface area contributed by atoms with Gasteiger partial charge in [-0.15, -0.1) is 0 Å². The zero-order valence-corrected chi connectivity index (χ0v) is 27.6. The van der Waals surface area contributed by atoms with Gasteiger partial charge in [-0.3, -0.25) is 14.5 Å². The molecule has 1 saturated heterocycles. The van der Waals surface area contributed by atoms with Crippen LogP contribution in [0.2, 0.25) is 0 Å². The number of benzene rings is 1. The van der Waals surface area contributed by atoms with E-state index in [-0.39, 0.29) is 47.2 Å². The van der Waals surface area contributed by atoms with Crippen molar-refractivity contribution in [1.82, 2.24) is 4.90 Å². The van der Waals surface area contributed by atoms with Crippen molar-refractivity contribution >= 4 is 11.8 Å². The molecule has 6 fully saturated rings. The predicted octanol–water partition coefficient (Wildman–Crippen LogP) is 2.99. The highest BCUT2D eigenvalue weighted by Crippen LogP contribution is 2.81. The second-order valence-electron chi connectivity index (χ2n) is 14.6. The van der Waals surface area contributed by atoms with Gasteiger partial charge in [0, 0.05) is 88.5 Å². The number of ether oxygens (including phenoxy) is 6. The number of esters is 1. The molecule has 0 aromatic heterocycles. The Morgan fingerprint density at radius 3 is 2.27 bits per heavy atom. The molecule has 248 valence electrons. The van der Waals surface area contributed by atoms with Crippen molar-refractivity contribution in [2.24, 2.45) is 40.4 Å². The molecular weight excluding hydrogens is 578 g/mol. The van der Waals surface area contributed by atoms with Gasteiger partial charge in [0.2, 0.25) is 0 Å². The Morgan fingerprint density at radius 2 is 1.69 bits per heavy atom. The fraction of sp³-hybridized carbons (Fsp3) is 0.771. The van der Waals surface area contributed by atoms with Gasteiger partial charge in [0.25, 0.3) is 0 Å². The second-order valence-corrected chi connectivity index (χ2v) is 14.6. The number of hydrogen-bond donors (Lipinski definition) is 1. The van der Waals surface area contributed by atoms with E-state index >= 15 is 0 Å². The third kappa shape index (κ3) is 3.72. The van der Waals surface area contributed by atoms with E-state index in [0.717, 1.165) is 25.9 Å². The van der Waals surface area contributed by atoms with Gasteiger partial charge in [0.15, 0.2) is 5.78 Å². The molecule has 6 aliphatic rings. The zero-order chi connectivity index (χ0) is 32.1. The van der Waals surface area contributed by atoms with Gasteiger partial charge < -0.3 is 33.5 Å². The van der Waals surface area contributed by atoms with Crippen LogP contribution in [0.15, 0.2) is 24.3 Å². The molecule has 7 bridgehead atoms. The van der Waals surface area contributed by atoms with Crippen molar-refractivity contribution in [3.63, 3.8) is 0 Å². The molecule has 5 saturated carbocycles. The van der Waals surface area contributed by atoms with Gasteiger partial charge in [-0.2, -0.15) is 0 Å². The average molecular weight is 628 g/mol. The predicted molar refractivity (Wildman–Crippen MR) is 163 cm³/mol. The molecule has 1 heterocycles. The summed E-state index contributed by atoms with van der Waals surface area (Å²) >= 11 is 0. The van der Waals surface area contributed by atoms with E-state index in [9.17, 15) is 14.7 Å². The SMILES string of the molecule is CCN1C[C@]2(COC)CC[C@H](OC)[C@@]34[C@@H]5C[C@@]6(O)[C@@H](OC)C[C@@](OC(C)=O)([C@H]5[C@H]6C(=O)c5ccc(OC)cc5)[C@@H]([C@H](OC)[C@H]23)[C@@H]14. The lowest BCUT2D eigenvalue weighted by Crippen LogP contribution is -2.77. The van der Waals surface area contributed by atoms with Gasteiger partial charge in [0.05, 0.1) is 37.9 Å². The highest BCUT2D eigenvalue weighted by atomic mass is 16.6. The number of likely N-dealkylation sites (tertiary alicyclic amines) is 1. The lowest BCUT2D eigenvalue weighted by atomic mass is 9.42. The first kappa shape index (κ1) is 31.5. The number of nitrogens with zero attached hydrogens (tertiary/aromatic N) is 1. The molecule has 1 spiro atoms. The first-order valence-electron chi connectivity index (χ1n) is 16.5. The highest BCUT2D eigenvalue weighted by Gasteiger charge is 2.89. The van der Waals surface area contributed by atoms with Crippen LogP contribution in [-0.4, -0.2) is 113 Å². The van der Waals surface area contributed by atoms with Crippen LogP contribution >= 0.6 is 0 Å². The lowest BCUT2D eigenvalue weighted by Gasteiger charge is -2.69. The minimum absolute atomic E-state index is 0.0227. The maximum absolute atomic E-state index is 14.8. The molecule has 1 aliphatic heterocycles. The van der Waals surface area contributed by atoms with Gasteiger partial charge in [0.1, 0.15) is 17.0 Å². The molecular formula is C35H49NO9. The molecule has 5 aliphatic carbocycles. The van der Waals surface area contributed by atoms with E-state index in [0.29, 0.717) is 30.8 Å². The van der Waals surface area contributed by atoms with E-state index in [1.54, 1.807) is 59.8 Å². The van der Waals surface area contributed by atoms with Crippen molar-refractivity contribution in [2.75, 3.05) is 55.2 Å². The van der Waals surface area contributed by atoms with Gasteiger partial charge in [-0.1, -0.05) is 6.92 Å². The summed E-state index contributed by atoms with van der Waals surface area (Å²) < 4.78 is 37.3. The Labute approximate surface area is 266 Å². The first-order valence-corrected chi connectivity index (χ1v) is 16.5. The summed E-state index contributed by atoms with van der Waals surface area (Å²) in [4.78, 5) is 30.7. The normalized spacial score (nSPS) is 47.4. The van der Waals surface area contributed by atoms with E-state index in [4.69, 9.17) is 28.4 Å². The van der Waals surface area contributed by atoms with E-state index < -0.39 is 40.5 Å². The van der Waals surface area contributed by atoms with Crippen LogP contribution in [0.3, 0.4) is 0 Å². The number of hydrogen-bond acceptors (Lipinski definition) is 10. The van der Waals surface area contributed by atoms with Crippen LogP contribution in [0.5, 0.6) is 5.75 Å². The Morgan fingerprint density at radius 1 is 0.978 bits per heavy atom. The molecule has 45 heavy (non-hydrogen) atoms. The summed E-state index contributed by atoms with van der Waals surface area (Å²) in [5, 5.41) is 12.9. The molecule has 10 nitrogen and oxygen atoms in total. The molecule has 13 atom stereocenters. The minimum atomic E-state index is -1.46. The summed E-state index contributed by atoms with van der Waals surface area (Å²) in [5.41, 5.74) is -2.76. The molecule has 10 heteroatoms. The maximum Gasteiger partial charge on any atom is 0.303 e. The van der Waals surface area contributed by atoms with Gasteiger partial charge in [-0.25, -0.2) is 0 Å². The van der Waals surface area contributed by atoms with Crippen LogP contribution in [0.4, 0.5) is 0 Å². The van der Waals surface area contributed by atoms with Crippen LogP contribution in [0.1, 0.15) is 49.9 Å². The standard InChI is InChI=1S/C35H49NO9/c1-8-36-17-32(18-40-3)14-13-23(42-5)35-22-15-33(39)24(43-6)16-34(45-19(2)37,27(31(35)36)29(44-7)30(32)35)25(22)26(33)28(38)20-9-11-21(41-4)12-10-20/h9-12,22-27,29-31,39H,8,13-18H2,1-7H3/t22-,23+,24+,25-,26+,27+,29+,30-,31-,32+,33-,34-,35+/m1/s1. The van der Waals surface area contributed by atoms with Crippen LogP contribution in [0.25, 0.3) is 0 Å². The number of carbonyl (C=O) groups is 2. The fourth-order valence-electron chi connectivity index (χ4n) is 12.7. The number of fused-ring (bicyclic) bond motifs is 2. The third-order valence-corrected chi connectivity index (χ3v) is 13.5. The molecule has 1 aromatic carbocycles. The minimum Gasteiger partial charge on any atom is -0.497 e. The van der Waals surface area contributed by atoms with Crippen molar-refractivity contribution in [3.8, 4) is 5.75 Å². The van der Waals surface area contributed by atoms with Crippen LogP contribution in [0, 0.1) is 40.4 Å². The molecule has 1 aromatic rings. The van der Waals surface area contributed by atoms with E-state index in [1.807, 2.05) is 0 Å². The summed E-state index contributed by atoms with van der Waals surface area (Å²) in [6.45, 7) is 5.86. The van der Waals surface area contributed by atoms with Crippen molar-refractivity contribution in [3.05, 3.63) is 29.8 Å². The Bertz CT molecular complexity index is 1340. The first-order chi connectivity index (χ1) is 21.6. The monoisotopic (exact) mass is 627 g/mol. The van der Waals surface area contributed by atoms with Crippen molar-refractivity contribution < 1.29 is 43.1 Å². The molecule has 0 amide bonds. The van der Waals surface area contributed by atoms with Gasteiger partial charge >= 0.3 is 5.97 Å². The van der Waals surface area contributed by atoms with Crippen molar-refractivity contribution in [1.29, 1.82) is 0 Å². The lowest BCUT2D eigenvalue weighted by molar-refractivity contribution is -0.277. The van der Waals surface area contributed by atoms with Crippen molar-refractivity contribution in [2.45, 2.75) is 75.1 Å². The highest BCUT2D eigenvalue weighted by molar-refractivity contribution is 5.99. The summed E-state index contributed by atoms with van der Waals surface area (Å²) in [5.74, 6) is -1.66. The number of ketones is 1. The Balaban J connectivity index is 1.52.